The van der Waals surface area contributed by atoms with Crippen LogP contribution in [0.4, 0.5) is 0 Å². The van der Waals surface area contributed by atoms with Crippen LogP contribution in [-0.4, -0.2) is 51.5 Å². The third-order valence-corrected chi connectivity index (χ3v) is 15.2. The third-order valence-electron chi connectivity index (χ3n) is 15.2. The molecule has 0 aromatic heterocycles. The summed E-state index contributed by atoms with van der Waals surface area (Å²) in [5.41, 5.74) is -3.06. The first-order valence-corrected chi connectivity index (χ1v) is 25.6. The van der Waals surface area contributed by atoms with Gasteiger partial charge in [0.1, 0.15) is 0 Å². The van der Waals surface area contributed by atoms with E-state index in [9.17, 15) is 0 Å². The molecule has 4 heteroatoms. The molecular weight excluding hydrogens is 806 g/mol. The highest BCUT2D eigenvalue weighted by Gasteiger charge is 2.30. The van der Waals surface area contributed by atoms with Gasteiger partial charge in [-0.2, -0.15) is 0 Å². The molecule has 0 aliphatic carbocycles. The van der Waals surface area contributed by atoms with E-state index in [2.05, 4.69) is 127 Å². The molecule has 0 aromatic rings. The molecule has 0 N–H and O–H groups in total. The molecule has 0 amide bonds. The standard InChI is InChI=1S/6C8H18.C7H16.2C4H12BN/c6*1-7(2,3)8(4,5)6;1-6(2)7(3,4)5;2*1-5(2)6(3)4/h6*1-6H3;6H,1-5H3;2*1-4H3/i5*1D3;;6D;;. The van der Waals surface area contributed by atoms with Crippen LogP contribution in [0, 0.1) is 76.3 Å². The van der Waals surface area contributed by atoms with Gasteiger partial charge in [-0.3, -0.25) is 0 Å². The van der Waals surface area contributed by atoms with Crippen molar-refractivity contribution in [2.24, 2.45) is 76.3 Å². The molecule has 0 atom stereocenters. The molecule has 0 radical (unpaired) electrons. The minimum absolute atomic E-state index is 0.104. The van der Waals surface area contributed by atoms with Gasteiger partial charge in [-0.15, -0.1) is 0 Å². The normalized spacial score (nSPS) is 17.9. The fourth-order valence-electron chi connectivity index (χ4n) is 0. The van der Waals surface area contributed by atoms with Gasteiger partial charge in [-0.05, 0) is 104 Å². The zero-order chi connectivity index (χ0) is 71.8. The van der Waals surface area contributed by atoms with Crippen LogP contribution >= 0.6 is 0 Å². The second-order valence-corrected chi connectivity index (χ2v) is 31.2. The van der Waals surface area contributed by atoms with Crippen LogP contribution in [0.3, 0.4) is 0 Å². The largest absolute Gasteiger partial charge is 0.348 e. The van der Waals surface area contributed by atoms with Gasteiger partial charge >= 0.3 is 0 Å². The van der Waals surface area contributed by atoms with E-state index in [0.29, 0.717) is 24.5 Å². The molecule has 0 unspecified atom stereocenters. The van der Waals surface area contributed by atoms with Crippen LogP contribution in [0.2, 0.25) is 27.3 Å². The molecule has 0 bridgehead atoms. The SMILES string of the molecule is CB(C)N(C)C.CB(C)N(C)C.CC(C)(C)C(C)(C)C.[2H]C(C)(C)C(C)(C)C.[2H]C([2H])([2H])C(C)(C)C(C)(C)C.[2H]C([2H])([2H])C(C)(C)C(C)(C)C.[2H]C([2H])([2H])C(C)(C)C(C)(C)C.[2H]C([2H])([2H])C(C)(C)C(C)(C)C.[2H]C([2H])([2H])C(C)(C)C(C)(C)C. The Morgan fingerprint density at radius 3 is 0.343 bits per heavy atom. The summed E-state index contributed by atoms with van der Waals surface area (Å²) in [6, 6.07) is 0. The summed E-state index contributed by atoms with van der Waals surface area (Å²) in [7, 11) is 8.30. The van der Waals surface area contributed by atoms with Gasteiger partial charge in [-0.1, -0.05) is 311 Å². The number of hydrogen-bond donors (Lipinski definition) is 0. The molecule has 67 heavy (non-hydrogen) atoms. The van der Waals surface area contributed by atoms with E-state index in [1.807, 2.05) is 118 Å². The Morgan fingerprint density at radius 1 is 0.269 bits per heavy atom. The third kappa shape index (κ3) is 58.5. The van der Waals surface area contributed by atoms with E-state index in [-0.39, 0.29) is 38.4 Å². The van der Waals surface area contributed by atoms with E-state index in [1.165, 1.54) is 0 Å². The fourth-order valence-corrected chi connectivity index (χ4v) is 0. The lowest BCUT2D eigenvalue weighted by molar-refractivity contribution is 0.157. The Bertz CT molecular complexity index is 1320. The van der Waals surface area contributed by atoms with Crippen molar-refractivity contribution < 1.29 is 21.9 Å². The second-order valence-electron chi connectivity index (χ2n) is 31.2. The summed E-state index contributed by atoms with van der Waals surface area (Å²) < 4.78 is 117. The highest BCUT2D eigenvalue weighted by Crippen LogP contribution is 2.40. The minimum atomic E-state index is -1.87. The van der Waals surface area contributed by atoms with Crippen molar-refractivity contribution in [1.82, 2.24) is 9.62 Å². The minimum Gasteiger partial charge on any atom is -0.348 e. The average molecular weight is 972 g/mol. The first kappa shape index (κ1) is 53.3. The summed E-state index contributed by atoms with van der Waals surface area (Å²) in [4.78, 5) is 4.33. The molecule has 2 nitrogen and oxygen atoms in total. The van der Waals surface area contributed by atoms with Crippen LogP contribution in [-0.2, 0) is 0 Å². The van der Waals surface area contributed by atoms with Crippen LogP contribution in [0.1, 0.15) is 305 Å². The predicted molar refractivity (Wildman–Crippen MR) is 330 cm³/mol. The van der Waals surface area contributed by atoms with Gasteiger partial charge in [-0.25, -0.2) is 0 Å². The molecule has 0 saturated carbocycles. The Balaban J connectivity index is -0.000000107. The van der Waals surface area contributed by atoms with E-state index in [0.717, 1.165) is 0 Å². The zero-order valence-electron chi connectivity index (χ0n) is 71.5. The van der Waals surface area contributed by atoms with Gasteiger partial charge in [0, 0.05) is 21.9 Å². The predicted octanol–water partition coefficient (Wildman–Crippen LogP) is 22.8. The average Bonchev–Trinajstić information content (AvgIpc) is 3.10. The van der Waals surface area contributed by atoms with E-state index in [1.54, 1.807) is 69.2 Å². The van der Waals surface area contributed by atoms with Crippen LogP contribution in [0.5, 0.6) is 0 Å². The maximum Gasteiger partial charge on any atom is 0.216 e. The van der Waals surface area contributed by atoms with E-state index < -0.39 is 61.3 Å². The molecule has 0 aliphatic heterocycles. The molecule has 416 valence electrons. The maximum absolute atomic E-state index is 7.58. The van der Waals surface area contributed by atoms with Crippen LogP contribution < -0.4 is 0 Å². The van der Waals surface area contributed by atoms with Crippen molar-refractivity contribution in [2.45, 2.75) is 311 Å². The summed E-state index contributed by atoms with van der Waals surface area (Å²) in [6.45, 7) is 71.7. The molecule has 0 heterocycles. The number of nitrogens with zero attached hydrogens (tertiary/aromatic N) is 2. The first-order valence-electron chi connectivity index (χ1n) is 33.6. The lowest BCUT2D eigenvalue weighted by Gasteiger charge is -2.34. The summed E-state index contributed by atoms with van der Waals surface area (Å²) in [5, 5.41) is 0. The summed E-state index contributed by atoms with van der Waals surface area (Å²) in [5.74, 6) is -0.312. The smallest absolute Gasteiger partial charge is 0.216 e. The zero-order valence-corrected chi connectivity index (χ0v) is 55.5. The Kier molecular flexibility index (Phi) is 25.7. The summed E-state index contributed by atoms with van der Waals surface area (Å²) >= 11 is 0. The number of rotatable bonds is 2. The number of hydrogen-bond acceptors (Lipinski definition) is 2. The highest BCUT2D eigenvalue weighted by atomic mass is 15.0. The molecule has 0 fully saturated rings. The van der Waals surface area contributed by atoms with Gasteiger partial charge in [0.2, 0.25) is 13.7 Å². The van der Waals surface area contributed by atoms with Crippen LogP contribution in [0.25, 0.3) is 0 Å². The fraction of sp³-hybridized carbons (Fsp3) is 1.00. The van der Waals surface area contributed by atoms with Crippen molar-refractivity contribution in [3.05, 3.63) is 0 Å². The quantitative estimate of drug-likeness (QED) is 0.255. The van der Waals surface area contributed by atoms with Gasteiger partial charge in [0.15, 0.2) is 0 Å². The molecular formula is C63H148B2N2. The molecule has 0 spiro atoms. The first-order chi connectivity index (χ1) is 34.3. The monoisotopic (exact) mass is 971 g/mol. The van der Waals surface area contributed by atoms with Crippen molar-refractivity contribution in [3.63, 3.8) is 0 Å². The topological polar surface area (TPSA) is 6.48 Å². The van der Waals surface area contributed by atoms with Gasteiger partial charge < -0.3 is 9.62 Å². The van der Waals surface area contributed by atoms with E-state index in [4.69, 9.17) is 21.9 Å². The molecule has 0 aliphatic rings. The Morgan fingerprint density at radius 2 is 0.343 bits per heavy atom. The maximum atomic E-state index is 7.58. The van der Waals surface area contributed by atoms with Gasteiger partial charge in [0.25, 0.3) is 0 Å². The lowest BCUT2D eigenvalue weighted by atomic mass is 9.67. The lowest BCUT2D eigenvalue weighted by Crippen LogP contribution is -2.25. The van der Waals surface area contributed by atoms with Gasteiger partial charge in [0.05, 0.1) is 0 Å². The Labute approximate surface area is 459 Å². The van der Waals surface area contributed by atoms with Crippen molar-refractivity contribution in [2.75, 3.05) is 28.2 Å². The van der Waals surface area contributed by atoms with Crippen molar-refractivity contribution >= 4 is 13.7 Å². The molecule has 0 rings (SSSR count). The Hall–Kier alpha value is 0.0499. The summed E-state index contributed by atoms with van der Waals surface area (Å²) in [6.07, 6.45) is 0. The molecule has 0 saturated heterocycles. The molecule has 0 aromatic carbocycles. The highest BCUT2D eigenvalue weighted by molar-refractivity contribution is 6.52. The van der Waals surface area contributed by atoms with Crippen LogP contribution in [0.15, 0.2) is 0 Å². The second kappa shape index (κ2) is 32.3. The van der Waals surface area contributed by atoms with Crippen molar-refractivity contribution in [1.29, 1.82) is 0 Å². The van der Waals surface area contributed by atoms with Crippen molar-refractivity contribution in [3.8, 4) is 0 Å². The van der Waals surface area contributed by atoms with E-state index >= 15 is 0 Å².